The molecule has 2 heterocycles. The number of hydrogen-bond donors (Lipinski definition) is 2. The predicted molar refractivity (Wildman–Crippen MR) is 85.6 cm³/mol. The van der Waals surface area contributed by atoms with E-state index in [0.29, 0.717) is 5.13 Å². The molecule has 1 aromatic heterocycles. The van der Waals surface area contributed by atoms with Crippen LogP contribution >= 0.6 is 11.3 Å². The summed E-state index contributed by atoms with van der Waals surface area (Å²) in [5.74, 6) is 0.000839. The Kier molecular flexibility index (Phi) is 4.03. The molecule has 1 aliphatic heterocycles. The molecule has 110 valence electrons. The summed E-state index contributed by atoms with van der Waals surface area (Å²) in [6.45, 7) is 4.86. The minimum Gasteiger partial charge on any atom is -0.301 e. The minimum atomic E-state index is -0.186. The first-order valence-electron chi connectivity index (χ1n) is 7.24. The number of rotatable bonds is 3. The first-order valence-corrected chi connectivity index (χ1v) is 8.06. The van der Waals surface area contributed by atoms with Gasteiger partial charge in [-0.05, 0) is 30.9 Å². The maximum Gasteiger partial charge on any atom is 0.243 e. The lowest BCUT2D eigenvalue weighted by molar-refractivity contribution is -0.118. The molecule has 0 bridgehead atoms. The lowest BCUT2D eigenvalue weighted by atomic mass is 9.95. The molecule has 0 saturated carbocycles. The highest BCUT2D eigenvalue weighted by atomic mass is 32.1. The summed E-state index contributed by atoms with van der Waals surface area (Å²) in [7, 11) is 0. The normalized spacial score (nSPS) is 17.3. The molecule has 3 rings (SSSR count). The van der Waals surface area contributed by atoms with Gasteiger partial charge in [0.15, 0.2) is 5.13 Å². The number of amides is 1. The molecule has 0 saturated heterocycles. The van der Waals surface area contributed by atoms with E-state index in [-0.39, 0.29) is 11.9 Å². The molecule has 1 amide bonds. The van der Waals surface area contributed by atoms with E-state index < -0.39 is 0 Å². The molecule has 21 heavy (non-hydrogen) atoms. The third-order valence-electron chi connectivity index (χ3n) is 3.86. The molecule has 0 unspecified atom stereocenters. The van der Waals surface area contributed by atoms with Crippen molar-refractivity contribution in [1.29, 1.82) is 0 Å². The first kappa shape index (κ1) is 14.2. The summed E-state index contributed by atoms with van der Waals surface area (Å²) >= 11 is 1.55. The summed E-state index contributed by atoms with van der Waals surface area (Å²) < 4.78 is 0. The lowest BCUT2D eigenvalue weighted by Crippen LogP contribution is -2.44. The molecule has 1 aliphatic rings. The molecule has 0 radical (unpaired) electrons. The highest BCUT2D eigenvalue weighted by Crippen LogP contribution is 2.23. The summed E-state index contributed by atoms with van der Waals surface area (Å²) in [6, 6.07) is 8.07. The standard InChI is InChI=1S/C16H19N3OS/c1-3-13-10(2)21-16(18-13)19-15(20)14-8-11-6-4-5-7-12(11)9-17-14/h4-7,14,17H,3,8-9H2,1-2H3,(H,18,19,20)/t14-/m1/s1. The second-order valence-electron chi connectivity index (χ2n) is 5.27. The van der Waals surface area contributed by atoms with E-state index in [2.05, 4.69) is 34.7 Å². The van der Waals surface area contributed by atoms with E-state index in [4.69, 9.17) is 0 Å². The van der Waals surface area contributed by atoms with Crippen molar-refractivity contribution >= 4 is 22.4 Å². The molecule has 2 aromatic rings. The van der Waals surface area contributed by atoms with Crippen molar-refractivity contribution in [3.05, 3.63) is 46.0 Å². The van der Waals surface area contributed by atoms with Crippen LogP contribution in [0.2, 0.25) is 0 Å². The zero-order chi connectivity index (χ0) is 14.8. The number of carbonyl (C=O) groups excluding carboxylic acids is 1. The number of aryl methyl sites for hydroxylation is 2. The van der Waals surface area contributed by atoms with Crippen LogP contribution in [0.4, 0.5) is 5.13 Å². The Morgan fingerprint density at radius 1 is 1.43 bits per heavy atom. The lowest BCUT2D eigenvalue weighted by Gasteiger charge is -2.24. The van der Waals surface area contributed by atoms with E-state index in [1.807, 2.05) is 19.1 Å². The largest absolute Gasteiger partial charge is 0.301 e. The Morgan fingerprint density at radius 3 is 2.90 bits per heavy atom. The van der Waals surface area contributed by atoms with Crippen LogP contribution < -0.4 is 10.6 Å². The number of carbonyl (C=O) groups is 1. The number of hydrogen-bond acceptors (Lipinski definition) is 4. The van der Waals surface area contributed by atoms with Crippen LogP contribution in [-0.4, -0.2) is 16.9 Å². The van der Waals surface area contributed by atoms with Crippen molar-refractivity contribution in [2.24, 2.45) is 0 Å². The van der Waals surface area contributed by atoms with Gasteiger partial charge in [0.1, 0.15) is 0 Å². The van der Waals surface area contributed by atoms with Crippen molar-refractivity contribution in [3.63, 3.8) is 0 Å². The second kappa shape index (κ2) is 5.95. The van der Waals surface area contributed by atoms with Crippen molar-refractivity contribution < 1.29 is 4.79 Å². The molecule has 4 nitrogen and oxygen atoms in total. The zero-order valence-electron chi connectivity index (χ0n) is 12.3. The van der Waals surface area contributed by atoms with E-state index in [1.54, 1.807) is 11.3 Å². The van der Waals surface area contributed by atoms with Gasteiger partial charge in [0, 0.05) is 11.4 Å². The molecule has 1 atom stereocenters. The summed E-state index contributed by atoms with van der Waals surface area (Å²) in [5.41, 5.74) is 3.60. The van der Waals surface area contributed by atoms with Gasteiger partial charge in [-0.15, -0.1) is 11.3 Å². The van der Waals surface area contributed by atoms with E-state index in [0.717, 1.165) is 25.1 Å². The molecular formula is C16H19N3OS. The summed E-state index contributed by atoms with van der Waals surface area (Å²) in [5, 5.41) is 6.94. The number of thiazole rings is 1. The van der Waals surface area contributed by atoms with Gasteiger partial charge in [0.05, 0.1) is 11.7 Å². The first-order chi connectivity index (χ1) is 10.2. The second-order valence-corrected chi connectivity index (χ2v) is 6.47. The van der Waals surface area contributed by atoms with Crippen molar-refractivity contribution in [1.82, 2.24) is 10.3 Å². The van der Waals surface area contributed by atoms with Gasteiger partial charge in [0.2, 0.25) is 5.91 Å². The third kappa shape index (κ3) is 2.99. The Balaban J connectivity index is 1.69. The van der Waals surface area contributed by atoms with Crippen LogP contribution in [0.3, 0.4) is 0 Å². The van der Waals surface area contributed by atoms with Crippen LogP contribution in [0.15, 0.2) is 24.3 Å². The average molecular weight is 301 g/mol. The molecular weight excluding hydrogens is 282 g/mol. The van der Waals surface area contributed by atoms with Gasteiger partial charge in [-0.2, -0.15) is 0 Å². The maximum absolute atomic E-state index is 12.4. The van der Waals surface area contributed by atoms with Crippen molar-refractivity contribution in [2.75, 3.05) is 5.32 Å². The Labute approximate surface area is 128 Å². The monoisotopic (exact) mass is 301 g/mol. The highest BCUT2D eigenvalue weighted by molar-refractivity contribution is 7.15. The van der Waals surface area contributed by atoms with Crippen LogP contribution in [0.1, 0.15) is 28.6 Å². The quantitative estimate of drug-likeness (QED) is 0.916. The van der Waals surface area contributed by atoms with E-state index >= 15 is 0 Å². The topological polar surface area (TPSA) is 54.0 Å². The fourth-order valence-electron chi connectivity index (χ4n) is 2.64. The van der Waals surface area contributed by atoms with Crippen LogP contribution in [0.25, 0.3) is 0 Å². The predicted octanol–water partition coefficient (Wildman–Crippen LogP) is 2.67. The highest BCUT2D eigenvalue weighted by Gasteiger charge is 2.24. The van der Waals surface area contributed by atoms with Crippen molar-refractivity contribution in [3.8, 4) is 0 Å². The molecule has 1 aromatic carbocycles. The fourth-order valence-corrected chi connectivity index (χ4v) is 3.55. The Morgan fingerprint density at radius 2 is 2.19 bits per heavy atom. The molecule has 0 fully saturated rings. The number of nitrogens with one attached hydrogen (secondary N) is 2. The number of anilines is 1. The van der Waals surface area contributed by atoms with Crippen LogP contribution in [0.5, 0.6) is 0 Å². The van der Waals surface area contributed by atoms with Crippen LogP contribution in [-0.2, 0) is 24.2 Å². The van der Waals surface area contributed by atoms with Crippen molar-refractivity contribution in [2.45, 2.75) is 39.3 Å². The molecule has 0 spiro atoms. The van der Waals surface area contributed by atoms with Gasteiger partial charge in [0.25, 0.3) is 0 Å². The molecule has 5 heteroatoms. The van der Waals surface area contributed by atoms with E-state index in [1.165, 1.54) is 16.0 Å². The molecule has 0 aliphatic carbocycles. The SMILES string of the molecule is CCc1nc(NC(=O)[C@H]2Cc3ccccc3CN2)sc1C. The van der Waals surface area contributed by atoms with Gasteiger partial charge in [-0.3, -0.25) is 4.79 Å². The smallest absolute Gasteiger partial charge is 0.243 e. The summed E-state index contributed by atoms with van der Waals surface area (Å²) in [6.07, 6.45) is 1.63. The van der Waals surface area contributed by atoms with Gasteiger partial charge < -0.3 is 10.6 Å². The summed E-state index contributed by atoms with van der Waals surface area (Å²) in [4.78, 5) is 18.0. The Hall–Kier alpha value is -1.72. The van der Waals surface area contributed by atoms with Gasteiger partial charge in [-0.25, -0.2) is 4.98 Å². The minimum absolute atomic E-state index is 0.000839. The maximum atomic E-state index is 12.4. The number of aromatic nitrogens is 1. The third-order valence-corrected chi connectivity index (χ3v) is 4.78. The number of benzene rings is 1. The van der Waals surface area contributed by atoms with Crippen LogP contribution in [0, 0.1) is 6.92 Å². The Bertz CT molecular complexity index is 665. The van der Waals surface area contributed by atoms with Gasteiger partial charge in [-0.1, -0.05) is 31.2 Å². The van der Waals surface area contributed by atoms with Gasteiger partial charge >= 0.3 is 0 Å². The average Bonchev–Trinajstić information content (AvgIpc) is 2.86. The molecule has 2 N–H and O–H groups in total. The number of fused-ring (bicyclic) bond motifs is 1. The fraction of sp³-hybridized carbons (Fsp3) is 0.375. The van der Waals surface area contributed by atoms with E-state index in [9.17, 15) is 4.79 Å². The number of nitrogens with zero attached hydrogens (tertiary/aromatic N) is 1. The zero-order valence-corrected chi connectivity index (χ0v) is 13.1.